The van der Waals surface area contributed by atoms with Gasteiger partial charge in [-0.25, -0.2) is 0 Å². The van der Waals surface area contributed by atoms with E-state index in [9.17, 15) is 9.59 Å². The van der Waals surface area contributed by atoms with Gasteiger partial charge in [-0.1, -0.05) is 0 Å². The van der Waals surface area contributed by atoms with Crippen LogP contribution in [0, 0.1) is 23.7 Å². The number of carboxylic acids is 2. The molecule has 6 nitrogen and oxygen atoms in total. The zero-order valence-electron chi connectivity index (χ0n) is 12.2. The maximum absolute atomic E-state index is 10.5. The fourth-order valence-electron chi connectivity index (χ4n) is 3.71. The predicted octanol–water partition coefficient (Wildman–Crippen LogP) is 0.982. The summed E-state index contributed by atoms with van der Waals surface area (Å²) in [5.74, 6) is 1.00. The van der Waals surface area contributed by atoms with Crippen LogP contribution in [0.1, 0.15) is 25.7 Å². The first kappa shape index (κ1) is 19.5. The van der Waals surface area contributed by atoms with E-state index in [2.05, 4.69) is 10.6 Å². The molecule has 4 N–H and O–H groups in total. The highest BCUT2D eigenvalue weighted by Crippen LogP contribution is 2.46. The minimum atomic E-state index is -0.674. The maximum atomic E-state index is 10.5. The van der Waals surface area contributed by atoms with Gasteiger partial charge in [0.05, 0.1) is 0 Å². The third kappa shape index (κ3) is 4.25. The summed E-state index contributed by atoms with van der Waals surface area (Å²) in [6, 6.07) is -0.475. The van der Waals surface area contributed by atoms with Crippen LogP contribution in [0.2, 0.25) is 0 Å². The Bertz CT molecular complexity index is 386. The van der Waals surface area contributed by atoms with Gasteiger partial charge in [-0.05, 0) is 62.4 Å². The zero-order valence-corrected chi connectivity index (χ0v) is 13.9. The fraction of sp³-hybridized carbons (Fsp3) is 0.857. The van der Waals surface area contributed by atoms with Crippen LogP contribution in [0.3, 0.4) is 0 Å². The Morgan fingerprint density at radius 2 is 1.14 bits per heavy atom. The molecule has 0 radical (unpaired) electrons. The van der Waals surface area contributed by atoms with Crippen LogP contribution >= 0.6 is 24.8 Å². The van der Waals surface area contributed by atoms with Gasteiger partial charge in [0, 0.05) is 0 Å². The second-order valence-corrected chi connectivity index (χ2v) is 6.44. The zero-order chi connectivity index (χ0) is 14.3. The number of rotatable bonds is 2. The summed E-state index contributed by atoms with van der Waals surface area (Å²) in [5, 5.41) is 23.4. The van der Waals surface area contributed by atoms with Crippen molar-refractivity contribution in [2.24, 2.45) is 23.7 Å². The van der Waals surface area contributed by atoms with Gasteiger partial charge in [0.1, 0.15) is 12.1 Å². The molecule has 8 heteroatoms. The Hall–Kier alpha value is -0.560. The van der Waals surface area contributed by atoms with E-state index in [1.54, 1.807) is 0 Å². The lowest BCUT2D eigenvalue weighted by molar-refractivity contribution is -0.141. The molecule has 0 aromatic rings. The highest BCUT2D eigenvalue weighted by atomic mass is 35.5. The number of carbonyl (C=O) groups is 2. The molecule has 2 aliphatic heterocycles. The van der Waals surface area contributed by atoms with E-state index in [0.717, 1.165) is 37.8 Å². The van der Waals surface area contributed by atoms with Crippen molar-refractivity contribution in [3.63, 3.8) is 0 Å². The standard InChI is InChI=1S/2C7H11NO2.2ClH/c2*9-7(10)6-5-3-4(5)1-2-8-6;;/h2*4-6,8H,1-3H2,(H,9,10);2*1H/t2*4-,5-,6?;;/m10../s1. The van der Waals surface area contributed by atoms with E-state index in [4.69, 9.17) is 10.2 Å². The van der Waals surface area contributed by atoms with Crippen molar-refractivity contribution in [3.05, 3.63) is 0 Å². The summed E-state index contributed by atoms with van der Waals surface area (Å²) < 4.78 is 0. The molecular formula is C14H24Cl2N2O4. The van der Waals surface area contributed by atoms with Crippen LogP contribution in [0.15, 0.2) is 0 Å². The van der Waals surface area contributed by atoms with Gasteiger partial charge in [0.25, 0.3) is 0 Å². The summed E-state index contributed by atoms with van der Waals surface area (Å²) in [6.45, 7) is 1.77. The molecule has 4 rings (SSSR count). The Morgan fingerprint density at radius 1 is 0.773 bits per heavy atom. The monoisotopic (exact) mass is 354 g/mol. The molecule has 2 unspecified atom stereocenters. The van der Waals surface area contributed by atoms with Crippen LogP contribution < -0.4 is 10.6 Å². The topological polar surface area (TPSA) is 98.7 Å². The van der Waals surface area contributed by atoms with Crippen LogP contribution in [0.4, 0.5) is 0 Å². The second-order valence-electron chi connectivity index (χ2n) is 6.44. The maximum Gasteiger partial charge on any atom is 0.320 e. The highest BCUT2D eigenvalue weighted by Gasteiger charge is 2.48. The van der Waals surface area contributed by atoms with Gasteiger partial charge < -0.3 is 20.8 Å². The van der Waals surface area contributed by atoms with Gasteiger partial charge in [-0.2, -0.15) is 0 Å². The molecule has 2 saturated heterocycles. The van der Waals surface area contributed by atoms with Crippen molar-refractivity contribution >= 4 is 36.8 Å². The number of hydrogen-bond acceptors (Lipinski definition) is 4. The molecule has 0 amide bonds. The molecule has 4 aliphatic rings. The number of hydrogen-bond donors (Lipinski definition) is 4. The number of aliphatic carboxylic acids is 2. The second kappa shape index (κ2) is 7.81. The van der Waals surface area contributed by atoms with E-state index in [1.165, 1.54) is 12.8 Å². The number of halogens is 2. The molecule has 0 bridgehead atoms. The molecule has 2 heterocycles. The van der Waals surface area contributed by atoms with Crippen molar-refractivity contribution in [1.82, 2.24) is 10.6 Å². The molecule has 0 aromatic carbocycles. The summed E-state index contributed by atoms with van der Waals surface area (Å²) in [6.07, 6.45) is 4.61. The van der Waals surface area contributed by atoms with Gasteiger partial charge in [-0.15, -0.1) is 24.8 Å². The van der Waals surface area contributed by atoms with Gasteiger partial charge >= 0.3 is 11.9 Å². The molecule has 0 spiro atoms. The van der Waals surface area contributed by atoms with Crippen LogP contribution in [-0.4, -0.2) is 47.3 Å². The van der Waals surface area contributed by atoms with Crippen molar-refractivity contribution < 1.29 is 19.8 Å². The van der Waals surface area contributed by atoms with Gasteiger partial charge in [0.15, 0.2) is 0 Å². The minimum Gasteiger partial charge on any atom is -0.480 e. The number of carboxylic acid groups (broad SMARTS) is 2. The van der Waals surface area contributed by atoms with Crippen molar-refractivity contribution in [3.8, 4) is 0 Å². The fourth-order valence-corrected chi connectivity index (χ4v) is 3.71. The van der Waals surface area contributed by atoms with E-state index < -0.39 is 11.9 Å². The molecule has 128 valence electrons. The van der Waals surface area contributed by atoms with E-state index >= 15 is 0 Å². The Labute approximate surface area is 142 Å². The van der Waals surface area contributed by atoms with E-state index in [1.807, 2.05) is 0 Å². The largest absolute Gasteiger partial charge is 0.480 e. The summed E-state index contributed by atoms with van der Waals surface area (Å²) >= 11 is 0. The average molecular weight is 355 g/mol. The number of nitrogens with one attached hydrogen (secondary N) is 2. The van der Waals surface area contributed by atoms with E-state index in [0.29, 0.717) is 11.8 Å². The van der Waals surface area contributed by atoms with Crippen molar-refractivity contribution in [2.75, 3.05) is 13.1 Å². The normalized spacial score (nSPS) is 40.2. The Kier molecular flexibility index (Phi) is 6.92. The lowest BCUT2D eigenvalue weighted by Gasteiger charge is -2.18. The van der Waals surface area contributed by atoms with Crippen LogP contribution in [-0.2, 0) is 9.59 Å². The first-order valence-corrected chi connectivity index (χ1v) is 7.50. The summed E-state index contributed by atoms with van der Waals surface area (Å²) in [4.78, 5) is 21.1. The third-order valence-electron chi connectivity index (χ3n) is 5.10. The SMILES string of the molecule is Cl.Cl.O=C(O)C1NCC[C@@H]2C[C@@H]12.O=C(O)C1NCC[C@H]2C[C@H]12. The van der Waals surface area contributed by atoms with Crippen molar-refractivity contribution in [1.29, 1.82) is 0 Å². The highest BCUT2D eigenvalue weighted by molar-refractivity contribution is 5.85. The van der Waals surface area contributed by atoms with Gasteiger partial charge in [-0.3, -0.25) is 9.59 Å². The van der Waals surface area contributed by atoms with Gasteiger partial charge in [0.2, 0.25) is 0 Å². The molecular weight excluding hydrogens is 331 g/mol. The molecule has 22 heavy (non-hydrogen) atoms. The summed E-state index contributed by atoms with van der Waals surface area (Å²) in [7, 11) is 0. The van der Waals surface area contributed by atoms with E-state index in [-0.39, 0.29) is 36.9 Å². The summed E-state index contributed by atoms with van der Waals surface area (Å²) in [5.41, 5.74) is 0. The van der Waals surface area contributed by atoms with Crippen LogP contribution in [0.25, 0.3) is 0 Å². The minimum absolute atomic E-state index is 0. The lowest BCUT2D eigenvalue weighted by Crippen LogP contribution is -2.42. The predicted molar refractivity (Wildman–Crippen MR) is 85.8 cm³/mol. The quantitative estimate of drug-likeness (QED) is 0.590. The van der Waals surface area contributed by atoms with Crippen molar-refractivity contribution in [2.45, 2.75) is 37.8 Å². The lowest BCUT2D eigenvalue weighted by atomic mass is 10.1. The molecule has 0 aromatic heterocycles. The number of piperidine rings is 2. The third-order valence-corrected chi connectivity index (χ3v) is 5.10. The molecule has 2 aliphatic carbocycles. The first-order valence-electron chi connectivity index (χ1n) is 7.50. The Balaban J connectivity index is 0.000000202. The average Bonchev–Trinajstić information content (AvgIpc) is 3.30. The smallest absolute Gasteiger partial charge is 0.320 e. The molecule has 2 saturated carbocycles. The Morgan fingerprint density at radius 3 is 1.41 bits per heavy atom. The molecule has 4 fully saturated rings. The van der Waals surface area contributed by atoms with Crippen LogP contribution in [0.5, 0.6) is 0 Å². The molecule has 6 atom stereocenters. The number of fused-ring (bicyclic) bond motifs is 2. The first-order chi connectivity index (χ1) is 9.58.